The van der Waals surface area contributed by atoms with Crippen molar-refractivity contribution < 1.29 is 19.0 Å². The molecule has 4 heteroatoms. The van der Waals surface area contributed by atoms with Gasteiger partial charge in [-0.05, 0) is 47.7 Å². The third-order valence-corrected chi connectivity index (χ3v) is 4.14. The van der Waals surface area contributed by atoms with Gasteiger partial charge in [0.2, 0.25) is 0 Å². The van der Waals surface area contributed by atoms with Crippen LogP contribution in [0.4, 0.5) is 0 Å². The van der Waals surface area contributed by atoms with Crippen LogP contribution in [0.3, 0.4) is 0 Å². The fourth-order valence-electron chi connectivity index (χ4n) is 2.57. The van der Waals surface area contributed by atoms with E-state index in [0.29, 0.717) is 18.3 Å². The summed E-state index contributed by atoms with van der Waals surface area (Å²) in [5.74, 6) is 1.31. The van der Waals surface area contributed by atoms with Crippen LogP contribution in [0.5, 0.6) is 11.5 Å². The molecule has 1 fully saturated rings. The van der Waals surface area contributed by atoms with E-state index in [1.807, 2.05) is 36.4 Å². The van der Waals surface area contributed by atoms with Gasteiger partial charge in [0.1, 0.15) is 24.2 Å². The van der Waals surface area contributed by atoms with Gasteiger partial charge in [-0.3, -0.25) is 0 Å². The average molecular weight is 338 g/mol. The second-order valence-corrected chi connectivity index (χ2v) is 6.21. The van der Waals surface area contributed by atoms with Crippen molar-refractivity contribution in [2.75, 3.05) is 13.2 Å². The van der Waals surface area contributed by atoms with Crippen LogP contribution in [0, 0.1) is 0 Å². The van der Waals surface area contributed by atoms with Crippen LogP contribution < -0.4 is 9.47 Å². The van der Waals surface area contributed by atoms with Crippen LogP contribution >= 0.6 is 0 Å². The quantitative estimate of drug-likeness (QED) is 0.317. The third kappa shape index (κ3) is 5.19. The number of benzene rings is 2. The Labute approximate surface area is 148 Å². The lowest BCUT2D eigenvalue weighted by Crippen LogP contribution is -2.04. The zero-order chi connectivity index (χ0) is 17.6. The Hall–Kier alpha value is -2.59. The summed E-state index contributed by atoms with van der Waals surface area (Å²) < 4.78 is 15.9. The second kappa shape index (κ2) is 7.99. The molecule has 25 heavy (non-hydrogen) atoms. The van der Waals surface area contributed by atoms with Crippen molar-refractivity contribution in [3.05, 3.63) is 72.3 Å². The van der Waals surface area contributed by atoms with Crippen LogP contribution in [-0.2, 0) is 16.0 Å². The van der Waals surface area contributed by atoms with E-state index in [1.165, 1.54) is 11.1 Å². The monoisotopic (exact) mass is 338 g/mol. The highest BCUT2D eigenvalue weighted by atomic mass is 16.6. The molecule has 0 amide bonds. The number of carbonyl (C=O) groups is 1. The van der Waals surface area contributed by atoms with Crippen molar-refractivity contribution in [2.24, 2.45) is 0 Å². The summed E-state index contributed by atoms with van der Waals surface area (Å²) in [6, 6.07) is 15.8. The van der Waals surface area contributed by atoms with Gasteiger partial charge in [-0.1, -0.05) is 37.8 Å². The molecule has 3 rings (SSSR count). The maximum atomic E-state index is 11.2. The Balaban J connectivity index is 1.54. The SMILES string of the molecule is C=CC(=O)Oc1ccc(C(C)Cc2ccc(OCC3CO3)cc2)cc1. The number of rotatable bonds is 8. The van der Waals surface area contributed by atoms with E-state index in [1.54, 1.807) is 0 Å². The Morgan fingerprint density at radius 1 is 1.20 bits per heavy atom. The fraction of sp³-hybridized carbons (Fsp3) is 0.286. The lowest BCUT2D eigenvalue weighted by molar-refractivity contribution is -0.128. The lowest BCUT2D eigenvalue weighted by Gasteiger charge is -2.13. The van der Waals surface area contributed by atoms with Gasteiger partial charge < -0.3 is 14.2 Å². The van der Waals surface area contributed by atoms with Crippen molar-refractivity contribution in [1.82, 2.24) is 0 Å². The van der Waals surface area contributed by atoms with Crippen molar-refractivity contribution in [3.8, 4) is 11.5 Å². The molecule has 1 saturated heterocycles. The number of epoxide rings is 1. The molecule has 0 bridgehead atoms. The second-order valence-electron chi connectivity index (χ2n) is 6.21. The molecule has 2 unspecified atom stereocenters. The predicted octanol–water partition coefficient (Wildman–Crippen LogP) is 3.90. The predicted molar refractivity (Wildman–Crippen MR) is 96.1 cm³/mol. The molecule has 0 saturated carbocycles. The number of esters is 1. The molecule has 1 aliphatic heterocycles. The van der Waals surface area contributed by atoms with E-state index in [-0.39, 0.29) is 6.10 Å². The van der Waals surface area contributed by atoms with Crippen LogP contribution in [0.25, 0.3) is 0 Å². The van der Waals surface area contributed by atoms with Crippen molar-refractivity contribution >= 4 is 5.97 Å². The van der Waals surface area contributed by atoms with Crippen molar-refractivity contribution in [3.63, 3.8) is 0 Å². The molecule has 2 aromatic carbocycles. The first-order chi connectivity index (χ1) is 12.1. The summed E-state index contributed by atoms with van der Waals surface area (Å²) in [4.78, 5) is 11.2. The molecule has 0 N–H and O–H groups in total. The minimum absolute atomic E-state index is 0.272. The topological polar surface area (TPSA) is 48.1 Å². The zero-order valence-electron chi connectivity index (χ0n) is 14.3. The number of hydrogen-bond acceptors (Lipinski definition) is 4. The van der Waals surface area contributed by atoms with Gasteiger partial charge in [0, 0.05) is 6.08 Å². The van der Waals surface area contributed by atoms with Gasteiger partial charge in [-0.25, -0.2) is 4.79 Å². The number of hydrogen-bond donors (Lipinski definition) is 0. The fourth-order valence-corrected chi connectivity index (χ4v) is 2.57. The first-order valence-electron chi connectivity index (χ1n) is 8.41. The highest BCUT2D eigenvalue weighted by Crippen LogP contribution is 2.24. The summed E-state index contributed by atoms with van der Waals surface area (Å²) in [6.45, 7) is 7.00. The van der Waals surface area contributed by atoms with E-state index < -0.39 is 5.97 Å². The Morgan fingerprint density at radius 3 is 2.44 bits per heavy atom. The Bertz CT molecular complexity index is 715. The average Bonchev–Trinajstić information content (AvgIpc) is 3.46. The molecular formula is C21H22O4. The minimum Gasteiger partial charge on any atom is -0.491 e. The van der Waals surface area contributed by atoms with Crippen LogP contribution in [0.1, 0.15) is 24.0 Å². The first kappa shape index (κ1) is 17.2. The van der Waals surface area contributed by atoms with Gasteiger partial charge >= 0.3 is 5.97 Å². The molecular weight excluding hydrogens is 316 g/mol. The van der Waals surface area contributed by atoms with E-state index >= 15 is 0 Å². The van der Waals surface area contributed by atoms with Gasteiger partial charge in [0.15, 0.2) is 0 Å². The van der Waals surface area contributed by atoms with Gasteiger partial charge in [-0.15, -0.1) is 0 Å². The standard InChI is InChI=1S/C21H22O4/c1-3-21(22)25-19-10-6-17(7-11-19)15(2)12-16-4-8-18(9-5-16)23-13-20-14-24-20/h3-11,15,20H,1,12-14H2,2H3. The summed E-state index contributed by atoms with van der Waals surface area (Å²) in [5.41, 5.74) is 2.45. The molecule has 0 spiro atoms. The van der Waals surface area contributed by atoms with Gasteiger partial charge in [0.05, 0.1) is 6.61 Å². The van der Waals surface area contributed by atoms with Gasteiger partial charge in [0.25, 0.3) is 0 Å². The molecule has 0 radical (unpaired) electrons. The van der Waals surface area contributed by atoms with E-state index in [2.05, 4.69) is 25.6 Å². The zero-order valence-corrected chi connectivity index (χ0v) is 14.3. The smallest absolute Gasteiger partial charge is 0.335 e. The molecule has 0 aliphatic carbocycles. The van der Waals surface area contributed by atoms with E-state index in [4.69, 9.17) is 14.2 Å². The maximum absolute atomic E-state index is 11.2. The van der Waals surface area contributed by atoms with Crippen LogP contribution in [0.2, 0.25) is 0 Å². The molecule has 4 nitrogen and oxygen atoms in total. The van der Waals surface area contributed by atoms with Crippen LogP contribution in [-0.4, -0.2) is 25.3 Å². The maximum Gasteiger partial charge on any atom is 0.335 e. The highest BCUT2D eigenvalue weighted by molar-refractivity contribution is 5.83. The highest BCUT2D eigenvalue weighted by Gasteiger charge is 2.22. The van der Waals surface area contributed by atoms with Crippen molar-refractivity contribution in [2.45, 2.75) is 25.4 Å². The molecule has 130 valence electrons. The lowest BCUT2D eigenvalue weighted by atomic mass is 9.94. The number of ether oxygens (including phenoxy) is 3. The molecule has 2 aromatic rings. The van der Waals surface area contributed by atoms with E-state index in [0.717, 1.165) is 24.9 Å². The number of carbonyl (C=O) groups excluding carboxylic acids is 1. The summed E-state index contributed by atoms with van der Waals surface area (Å²) in [5, 5.41) is 0. The van der Waals surface area contributed by atoms with Crippen LogP contribution in [0.15, 0.2) is 61.2 Å². The van der Waals surface area contributed by atoms with E-state index in [9.17, 15) is 4.79 Å². The largest absolute Gasteiger partial charge is 0.491 e. The normalized spacial score (nSPS) is 16.8. The molecule has 0 aromatic heterocycles. The Morgan fingerprint density at radius 2 is 1.84 bits per heavy atom. The van der Waals surface area contributed by atoms with Crippen molar-refractivity contribution in [1.29, 1.82) is 0 Å². The minimum atomic E-state index is -0.448. The third-order valence-electron chi connectivity index (χ3n) is 4.14. The molecule has 1 heterocycles. The summed E-state index contributed by atoms with van der Waals surface area (Å²) in [6.07, 6.45) is 2.35. The van der Waals surface area contributed by atoms with Gasteiger partial charge in [-0.2, -0.15) is 0 Å². The summed E-state index contributed by atoms with van der Waals surface area (Å²) in [7, 11) is 0. The Kier molecular flexibility index (Phi) is 5.51. The molecule has 1 aliphatic rings. The summed E-state index contributed by atoms with van der Waals surface area (Å²) >= 11 is 0. The molecule has 2 atom stereocenters. The first-order valence-corrected chi connectivity index (χ1v) is 8.41.